The largest absolute Gasteiger partial charge is 0.381 e. The average molecular weight is 446 g/mol. The lowest BCUT2D eigenvalue weighted by molar-refractivity contribution is -0.122. The van der Waals surface area contributed by atoms with E-state index in [0.29, 0.717) is 18.4 Å². The number of amides is 1. The van der Waals surface area contributed by atoms with Crippen molar-refractivity contribution in [2.75, 3.05) is 18.5 Å². The lowest BCUT2D eigenvalue weighted by Crippen LogP contribution is -2.37. The first-order valence-corrected chi connectivity index (χ1v) is 11.4. The summed E-state index contributed by atoms with van der Waals surface area (Å²) in [6.07, 6.45) is 1.91. The first kappa shape index (κ1) is 22.9. The van der Waals surface area contributed by atoms with Crippen molar-refractivity contribution in [2.24, 2.45) is 5.73 Å². The second-order valence-electron chi connectivity index (χ2n) is 8.47. The zero-order chi connectivity index (χ0) is 23.2. The number of hydrogen-bond acceptors (Lipinski definition) is 6. The zero-order valence-corrected chi connectivity index (χ0v) is 19.2. The molecule has 1 fully saturated rings. The Kier molecular flexibility index (Phi) is 7.32. The number of benzene rings is 2. The minimum Gasteiger partial charge on any atom is -0.381 e. The third kappa shape index (κ3) is 5.74. The highest BCUT2D eigenvalue weighted by Gasteiger charge is 2.19. The summed E-state index contributed by atoms with van der Waals surface area (Å²) in [5.41, 5.74) is 10.5. The number of carbonyl (C=O) groups excluding carboxylic acids is 1. The fourth-order valence-corrected chi connectivity index (χ4v) is 3.87. The van der Waals surface area contributed by atoms with Gasteiger partial charge in [0, 0.05) is 42.5 Å². The zero-order valence-electron chi connectivity index (χ0n) is 19.2. The Balaban J connectivity index is 1.69. The molecule has 0 bridgehead atoms. The van der Waals surface area contributed by atoms with E-state index >= 15 is 0 Å². The summed E-state index contributed by atoms with van der Waals surface area (Å²) < 4.78 is 5.51. The molecule has 4 rings (SSSR count). The second-order valence-corrected chi connectivity index (χ2v) is 8.47. The summed E-state index contributed by atoms with van der Waals surface area (Å²) in [5.74, 6) is 1.32. The van der Waals surface area contributed by atoms with Crippen LogP contribution in [0.2, 0.25) is 0 Å². The summed E-state index contributed by atoms with van der Waals surface area (Å²) in [4.78, 5) is 21.7. The van der Waals surface area contributed by atoms with Crippen LogP contribution in [0.3, 0.4) is 0 Å². The summed E-state index contributed by atoms with van der Waals surface area (Å²) in [6.45, 7) is 5.65. The van der Waals surface area contributed by atoms with E-state index in [1.165, 1.54) is 0 Å². The first-order chi connectivity index (χ1) is 16.0. The molecule has 1 aromatic heterocycles. The van der Waals surface area contributed by atoms with Crippen molar-refractivity contribution in [3.63, 3.8) is 0 Å². The molecule has 0 aliphatic carbocycles. The van der Waals surface area contributed by atoms with E-state index < -0.39 is 6.04 Å². The lowest BCUT2D eigenvalue weighted by Gasteiger charge is -2.25. The maximum atomic E-state index is 11.9. The average Bonchev–Trinajstić information content (AvgIpc) is 2.85. The predicted octanol–water partition coefficient (Wildman–Crippen LogP) is 3.67. The number of carbonyl (C=O) groups is 1. The fourth-order valence-electron chi connectivity index (χ4n) is 3.87. The minimum absolute atomic E-state index is 0.179. The third-order valence-electron chi connectivity index (χ3n) is 5.82. The highest BCUT2D eigenvalue weighted by molar-refractivity contribution is 5.81. The molecule has 33 heavy (non-hydrogen) atoms. The lowest BCUT2D eigenvalue weighted by atomic mass is 10.0. The van der Waals surface area contributed by atoms with Gasteiger partial charge in [0.2, 0.25) is 5.91 Å². The Morgan fingerprint density at radius 1 is 1.09 bits per heavy atom. The van der Waals surface area contributed by atoms with Gasteiger partial charge in [0.15, 0.2) is 5.82 Å². The maximum absolute atomic E-state index is 11.9. The molecular weight excluding hydrogens is 414 g/mol. The van der Waals surface area contributed by atoms with E-state index in [2.05, 4.69) is 29.7 Å². The van der Waals surface area contributed by atoms with Crippen LogP contribution in [0.1, 0.15) is 30.9 Å². The van der Waals surface area contributed by atoms with E-state index in [-0.39, 0.29) is 5.91 Å². The van der Waals surface area contributed by atoms with Crippen molar-refractivity contribution in [1.82, 2.24) is 15.3 Å². The van der Waals surface area contributed by atoms with Crippen molar-refractivity contribution in [1.29, 1.82) is 0 Å². The molecule has 0 saturated carbocycles. The molecule has 2 aromatic carbocycles. The van der Waals surface area contributed by atoms with Crippen molar-refractivity contribution in [2.45, 2.75) is 45.3 Å². The molecule has 7 heteroatoms. The Labute approximate surface area is 194 Å². The number of rotatable bonds is 7. The summed E-state index contributed by atoms with van der Waals surface area (Å²) in [5, 5.41) is 6.49. The molecule has 172 valence electrons. The van der Waals surface area contributed by atoms with E-state index in [9.17, 15) is 4.79 Å². The van der Waals surface area contributed by atoms with Gasteiger partial charge in [-0.25, -0.2) is 9.97 Å². The minimum atomic E-state index is -0.541. The number of hydrogen-bond donors (Lipinski definition) is 3. The normalized spacial score (nSPS) is 15.1. The van der Waals surface area contributed by atoms with Gasteiger partial charge in [-0.1, -0.05) is 48.5 Å². The Bertz CT molecular complexity index is 1100. The Hall–Kier alpha value is -3.29. The van der Waals surface area contributed by atoms with Crippen LogP contribution in [-0.4, -0.2) is 41.2 Å². The van der Waals surface area contributed by atoms with Crippen molar-refractivity contribution < 1.29 is 9.53 Å². The molecule has 2 heterocycles. The molecule has 3 aromatic rings. The maximum Gasteiger partial charge on any atom is 0.236 e. The van der Waals surface area contributed by atoms with E-state index in [4.69, 9.17) is 20.4 Å². The molecular formula is C26H31N5O2. The smallest absolute Gasteiger partial charge is 0.236 e. The Morgan fingerprint density at radius 3 is 2.55 bits per heavy atom. The number of anilines is 1. The van der Waals surface area contributed by atoms with Crippen molar-refractivity contribution in [3.8, 4) is 22.6 Å². The van der Waals surface area contributed by atoms with Gasteiger partial charge in [0.05, 0.1) is 11.7 Å². The quantitative estimate of drug-likeness (QED) is 0.513. The van der Waals surface area contributed by atoms with Crippen LogP contribution >= 0.6 is 0 Å². The number of nitrogens with two attached hydrogens (primary N) is 1. The SMILES string of the molecule is Cc1c(NC2CCOCC2)nc(-c2cccc(CNC(=O)[C@H](C)N)c2)nc1-c1ccccc1. The Morgan fingerprint density at radius 2 is 1.82 bits per heavy atom. The first-order valence-electron chi connectivity index (χ1n) is 11.4. The van der Waals surface area contributed by atoms with Gasteiger partial charge >= 0.3 is 0 Å². The van der Waals surface area contributed by atoms with Gasteiger partial charge < -0.3 is 21.1 Å². The van der Waals surface area contributed by atoms with Crippen LogP contribution in [-0.2, 0) is 16.1 Å². The van der Waals surface area contributed by atoms with Crippen LogP contribution in [0.15, 0.2) is 54.6 Å². The van der Waals surface area contributed by atoms with Crippen molar-refractivity contribution in [3.05, 3.63) is 65.7 Å². The number of aromatic nitrogens is 2. The molecule has 0 spiro atoms. The van der Waals surface area contributed by atoms with Gasteiger partial charge in [-0.15, -0.1) is 0 Å². The molecule has 7 nitrogen and oxygen atoms in total. The molecule has 0 unspecified atom stereocenters. The van der Waals surface area contributed by atoms with Gasteiger partial charge in [0.25, 0.3) is 0 Å². The van der Waals surface area contributed by atoms with Gasteiger partial charge in [-0.3, -0.25) is 4.79 Å². The number of nitrogens with zero attached hydrogens (tertiary/aromatic N) is 2. The standard InChI is InChI=1S/C26H31N5O2/c1-17-23(20-8-4-3-5-9-20)30-25(31-24(17)29-22-11-13-33-14-12-22)21-10-6-7-19(15-21)16-28-26(32)18(2)27/h3-10,15,18,22H,11-14,16,27H2,1-2H3,(H,28,32)(H,29,30,31)/t18-/m0/s1. The van der Waals surface area contributed by atoms with Gasteiger partial charge in [-0.2, -0.15) is 0 Å². The van der Waals surface area contributed by atoms with E-state index in [0.717, 1.165) is 59.8 Å². The summed E-state index contributed by atoms with van der Waals surface area (Å²) in [7, 11) is 0. The summed E-state index contributed by atoms with van der Waals surface area (Å²) in [6, 6.07) is 17.9. The monoisotopic (exact) mass is 445 g/mol. The number of ether oxygens (including phenoxy) is 1. The summed E-state index contributed by atoms with van der Waals surface area (Å²) >= 11 is 0. The molecule has 1 aliphatic heterocycles. The molecule has 1 atom stereocenters. The van der Waals surface area contributed by atoms with Crippen LogP contribution in [0.5, 0.6) is 0 Å². The molecule has 0 radical (unpaired) electrons. The van der Waals surface area contributed by atoms with E-state index in [1.54, 1.807) is 6.92 Å². The number of nitrogens with one attached hydrogen (secondary N) is 2. The molecule has 1 amide bonds. The fraction of sp³-hybridized carbons (Fsp3) is 0.346. The van der Waals surface area contributed by atoms with E-state index in [1.807, 2.05) is 42.5 Å². The van der Waals surface area contributed by atoms with Crippen LogP contribution in [0.25, 0.3) is 22.6 Å². The third-order valence-corrected chi connectivity index (χ3v) is 5.82. The molecule has 4 N–H and O–H groups in total. The van der Waals surface area contributed by atoms with Crippen LogP contribution in [0, 0.1) is 6.92 Å². The van der Waals surface area contributed by atoms with Crippen LogP contribution < -0.4 is 16.4 Å². The highest BCUT2D eigenvalue weighted by atomic mass is 16.5. The second kappa shape index (κ2) is 10.6. The molecule has 1 aliphatic rings. The molecule has 1 saturated heterocycles. The predicted molar refractivity (Wildman–Crippen MR) is 131 cm³/mol. The topological polar surface area (TPSA) is 102 Å². The van der Waals surface area contributed by atoms with Gasteiger partial charge in [-0.05, 0) is 38.3 Å². The van der Waals surface area contributed by atoms with Gasteiger partial charge in [0.1, 0.15) is 5.82 Å². The van der Waals surface area contributed by atoms with Crippen LogP contribution in [0.4, 0.5) is 5.82 Å². The highest BCUT2D eigenvalue weighted by Crippen LogP contribution is 2.30. The van der Waals surface area contributed by atoms with Crippen molar-refractivity contribution >= 4 is 11.7 Å².